The van der Waals surface area contributed by atoms with Gasteiger partial charge in [-0.05, 0) is 79.6 Å². The maximum Gasteiger partial charge on any atom is 0.411 e. The minimum atomic E-state index is -0.623. The number of rotatable bonds is 4. The van der Waals surface area contributed by atoms with Crippen molar-refractivity contribution in [3.8, 4) is 17.0 Å². The number of anilines is 2. The first-order valence-electron chi connectivity index (χ1n) is 14.8. The molecule has 3 aromatic rings. The summed E-state index contributed by atoms with van der Waals surface area (Å²) in [5.74, 6) is -0.764. The fourth-order valence-corrected chi connectivity index (χ4v) is 6.32. The van der Waals surface area contributed by atoms with E-state index >= 15 is 4.39 Å². The van der Waals surface area contributed by atoms with Crippen molar-refractivity contribution in [3.05, 3.63) is 70.6 Å². The highest BCUT2D eigenvalue weighted by Crippen LogP contribution is 2.41. The van der Waals surface area contributed by atoms with Crippen LogP contribution in [0.25, 0.3) is 11.3 Å². The van der Waals surface area contributed by atoms with Crippen LogP contribution in [0.1, 0.15) is 68.5 Å². The first-order valence-corrected chi connectivity index (χ1v) is 15.2. The molecule has 3 heterocycles. The Labute approximate surface area is 261 Å². The molecule has 2 aromatic carbocycles. The molecule has 44 heavy (non-hydrogen) atoms. The van der Waals surface area contributed by atoms with Crippen LogP contribution in [-0.4, -0.2) is 48.6 Å². The lowest BCUT2D eigenvalue weighted by Crippen LogP contribution is -2.35. The summed E-state index contributed by atoms with van der Waals surface area (Å²) in [5, 5.41) is 5.68. The summed E-state index contributed by atoms with van der Waals surface area (Å²) in [4.78, 5) is 45.2. The maximum absolute atomic E-state index is 15.2. The van der Waals surface area contributed by atoms with Gasteiger partial charge in [0.1, 0.15) is 11.6 Å². The quantitative estimate of drug-likeness (QED) is 0.315. The standard InChI is InChI=1S/C33H36ClFN4O5/c1-19-5-4-6-27(39-16-14-20(7-12-29(39)40)30-28(43-2)11-10-24(34)31(30)35)21-13-15-36-25(17-21)23-9-8-22(37-33(42)44-3)18-26(23)38-32(19)41/h8-11,13,15,17-20,27H,4-7,12,14,16H2,1-3H3,(H,37,42)(H,38,41). The van der Waals surface area contributed by atoms with Crippen LogP contribution in [-0.2, 0) is 14.3 Å². The minimum Gasteiger partial charge on any atom is -0.496 e. The van der Waals surface area contributed by atoms with Gasteiger partial charge in [0, 0.05) is 41.9 Å². The van der Waals surface area contributed by atoms with Gasteiger partial charge in [-0.25, -0.2) is 9.18 Å². The lowest BCUT2D eigenvalue weighted by atomic mass is 9.90. The summed E-state index contributed by atoms with van der Waals surface area (Å²) >= 11 is 6.14. The molecule has 3 amide bonds. The van der Waals surface area contributed by atoms with Crippen molar-refractivity contribution in [2.24, 2.45) is 5.92 Å². The highest BCUT2D eigenvalue weighted by atomic mass is 35.5. The second kappa shape index (κ2) is 13.6. The van der Waals surface area contributed by atoms with Crippen LogP contribution in [0.15, 0.2) is 48.7 Å². The predicted octanol–water partition coefficient (Wildman–Crippen LogP) is 7.32. The Morgan fingerprint density at radius 2 is 1.91 bits per heavy atom. The second-order valence-corrected chi connectivity index (χ2v) is 11.7. The molecular formula is C33H36ClFN4O5. The number of nitrogens with one attached hydrogen (secondary N) is 2. The third-order valence-electron chi connectivity index (χ3n) is 8.56. The number of aromatic nitrogens is 1. The van der Waals surface area contributed by atoms with Gasteiger partial charge in [-0.1, -0.05) is 24.9 Å². The Hall–Kier alpha value is -4.18. The normalized spacial score (nSPS) is 20.8. The number of pyridine rings is 1. The number of nitrogens with zero attached hydrogens (tertiary/aromatic N) is 2. The first-order chi connectivity index (χ1) is 21.2. The number of halogens is 2. The summed E-state index contributed by atoms with van der Waals surface area (Å²) in [5.41, 5.74) is 3.60. The molecule has 0 aliphatic carbocycles. The second-order valence-electron chi connectivity index (χ2n) is 11.3. The molecule has 2 aliphatic rings. The van der Waals surface area contributed by atoms with Crippen LogP contribution in [0, 0.1) is 11.7 Å². The van der Waals surface area contributed by atoms with Gasteiger partial charge in [-0.3, -0.25) is 19.9 Å². The molecule has 0 spiro atoms. The van der Waals surface area contributed by atoms with Gasteiger partial charge in [0.05, 0.1) is 36.7 Å². The number of hydrogen-bond acceptors (Lipinski definition) is 6. The van der Waals surface area contributed by atoms with E-state index in [2.05, 4.69) is 15.6 Å². The largest absolute Gasteiger partial charge is 0.496 e. The zero-order valence-corrected chi connectivity index (χ0v) is 25.7. The minimum absolute atomic E-state index is 0.00548. The van der Waals surface area contributed by atoms with Crippen LogP contribution >= 0.6 is 11.6 Å². The lowest BCUT2D eigenvalue weighted by molar-refractivity contribution is -0.133. The van der Waals surface area contributed by atoms with Crippen LogP contribution in [0.3, 0.4) is 0 Å². The van der Waals surface area contributed by atoms with Crippen molar-refractivity contribution in [1.82, 2.24) is 9.88 Å². The molecule has 2 aliphatic heterocycles. The highest BCUT2D eigenvalue weighted by molar-refractivity contribution is 6.30. The molecule has 9 nitrogen and oxygen atoms in total. The van der Waals surface area contributed by atoms with Crippen LogP contribution in [0.5, 0.6) is 5.75 Å². The third-order valence-corrected chi connectivity index (χ3v) is 8.85. The van der Waals surface area contributed by atoms with E-state index in [1.165, 1.54) is 20.3 Å². The smallest absolute Gasteiger partial charge is 0.411 e. The van der Waals surface area contributed by atoms with E-state index in [9.17, 15) is 14.4 Å². The summed E-state index contributed by atoms with van der Waals surface area (Å²) in [7, 11) is 2.78. The molecule has 3 atom stereocenters. The summed E-state index contributed by atoms with van der Waals surface area (Å²) < 4.78 is 25.4. The number of hydrogen-bond donors (Lipinski definition) is 2. The van der Waals surface area contributed by atoms with Crippen molar-refractivity contribution in [3.63, 3.8) is 0 Å². The molecule has 3 unspecified atom stereocenters. The number of benzene rings is 2. The highest BCUT2D eigenvalue weighted by Gasteiger charge is 2.33. The molecule has 2 N–H and O–H groups in total. The number of carbonyl (C=O) groups excluding carboxylic acids is 3. The van der Waals surface area contributed by atoms with Crippen LogP contribution < -0.4 is 15.4 Å². The van der Waals surface area contributed by atoms with E-state index in [-0.39, 0.29) is 41.1 Å². The summed E-state index contributed by atoms with van der Waals surface area (Å²) in [6.07, 6.45) is 4.34. The van der Waals surface area contributed by atoms with Gasteiger partial charge in [-0.2, -0.15) is 0 Å². The Morgan fingerprint density at radius 1 is 1.09 bits per heavy atom. The molecule has 232 valence electrons. The van der Waals surface area contributed by atoms with Gasteiger partial charge in [0.15, 0.2) is 0 Å². The zero-order valence-electron chi connectivity index (χ0n) is 25.0. The van der Waals surface area contributed by atoms with Crippen molar-refractivity contribution in [1.29, 1.82) is 0 Å². The van der Waals surface area contributed by atoms with Gasteiger partial charge in [-0.15, -0.1) is 0 Å². The van der Waals surface area contributed by atoms with Crippen LogP contribution in [0.4, 0.5) is 20.6 Å². The molecule has 1 saturated heterocycles. The maximum atomic E-state index is 15.2. The van der Waals surface area contributed by atoms with Crippen molar-refractivity contribution < 1.29 is 28.2 Å². The van der Waals surface area contributed by atoms with E-state index in [1.54, 1.807) is 30.5 Å². The Kier molecular flexibility index (Phi) is 9.68. The number of carbonyl (C=O) groups is 3. The van der Waals surface area contributed by atoms with E-state index in [1.807, 2.05) is 24.0 Å². The van der Waals surface area contributed by atoms with Crippen molar-refractivity contribution in [2.75, 3.05) is 31.4 Å². The fourth-order valence-electron chi connectivity index (χ4n) is 6.16. The molecule has 1 fully saturated rings. The lowest BCUT2D eigenvalue weighted by Gasteiger charge is -2.32. The fraction of sp³-hybridized carbons (Fsp3) is 0.394. The first kappa shape index (κ1) is 31.3. The van der Waals surface area contributed by atoms with E-state index in [0.29, 0.717) is 72.6 Å². The molecular weight excluding hydrogens is 587 g/mol. The average molecular weight is 623 g/mol. The number of amides is 3. The van der Waals surface area contributed by atoms with E-state index in [0.717, 1.165) is 5.56 Å². The number of likely N-dealkylation sites (tertiary alicyclic amines) is 1. The topological polar surface area (TPSA) is 110 Å². The molecule has 0 radical (unpaired) electrons. The zero-order chi connectivity index (χ0) is 31.4. The van der Waals surface area contributed by atoms with Gasteiger partial charge in [0.2, 0.25) is 11.8 Å². The molecule has 1 aromatic heterocycles. The number of fused-ring (bicyclic) bond motifs is 4. The number of ether oxygens (including phenoxy) is 2. The Morgan fingerprint density at radius 3 is 2.68 bits per heavy atom. The summed E-state index contributed by atoms with van der Waals surface area (Å²) in [6, 6.07) is 11.9. The SMILES string of the molecule is COC(=O)Nc1ccc2c(c1)NC(=O)C(C)CCCC(N1CCC(c3c(OC)ccc(Cl)c3F)CCC1=O)c1ccnc-2c1. The summed E-state index contributed by atoms with van der Waals surface area (Å²) in [6.45, 7) is 2.30. The Balaban J connectivity index is 1.50. The van der Waals surface area contributed by atoms with Gasteiger partial charge >= 0.3 is 6.09 Å². The van der Waals surface area contributed by atoms with Crippen molar-refractivity contribution in [2.45, 2.75) is 57.4 Å². The van der Waals surface area contributed by atoms with E-state index < -0.39 is 11.9 Å². The van der Waals surface area contributed by atoms with Crippen molar-refractivity contribution >= 4 is 40.9 Å². The molecule has 11 heteroatoms. The third kappa shape index (κ3) is 6.65. The van der Waals surface area contributed by atoms with Gasteiger partial charge in [0.25, 0.3) is 0 Å². The molecule has 0 saturated carbocycles. The molecule has 2 bridgehead atoms. The molecule has 5 rings (SSSR count). The van der Waals surface area contributed by atoms with Gasteiger partial charge < -0.3 is 19.7 Å². The van der Waals surface area contributed by atoms with Crippen LogP contribution in [0.2, 0.25) is 5.02 Å². The van der Waals surface area contributed by atoms with E-state index in [4.69, 9.17) is 21.1 Å². The monoisotopic (exact) mass is 622 g/mol. The number of methoxy groups -OCH3 is 2. The predicted molar refractivity (Wildman–Crippen MR) is 166 cm³/mol. The Bertz CT molecular complexity index is 1570. The average Bonchev–Trinajstić information content (AvgIpc) is 3.21.